The van der Waals surface area contributed by atoms with Gasteiger partial charge in [0.1, 0.15) is 11.6 Å². The number of nitrogens with two attached hydrogens (primary N) is 1. The minimum Gasteiger partial charge on any atom is -0.324 e. The summed E-state index contributed by atoms with van der Waals surface area (Å²) in [5.74, 6) is -2.90. The standard InChI is InChI=1S/C14H16F5N/c15-11-5-9(6-12(16)7-11)13(20)8-1-3-10(4-2-8)14(17,18)19/h5-8,10,13H,1-4,20H2. The average Bonchev–Trinajstić information content (AvgIpc) is 2.36. The fourth-order valence-corrected chi connectivity index (χ4v) is 2.85. The lowest BCUT2D eigenvalue weighted by Crippen LogP contribution is -2.32. The molecule has 0 heterocycles. The van der Waals surface area contributed by atoms with E-state index in [1.165, 1.54) is 0 Å². The Morgan fingerprint density at radius 3 is 1.90 bits per heavy atom. The SMILES string of the molecule is NC(c1cc(F)cc(F)c1)C1CCC(C(F)(F)F)CC1. The Kier molecular flexibility index (Phi) is 4.32. The lowest BCUT2D eigenvalue weighted by molar-refractivity contribution is -0.184. The zero-order chi connectivity index (χ0) is 14.9. The normalized spacial score (nSPS) is 25.5. The van der Waals surface area contributed by atoms with Gasteiger partial charge in [-0.2, -0.15) is 13.2 Å². The van der Waals surface area contributed by atoms with E-state index in [1.807, 2.05) is 0 Å². The molecule has 1 aliphatic rings. The highest BCUT2D eigenvalue weighted by molar-refractivity contribution is 5.22. The van der Waals surface area contributed by atoms with Crippen molar-refractivity contribution in [3.8, 4) is 0 Å². The van der Waals surface area contributed by atoms with Crippen LogP contribution in [0, 0.1) is 23.5 Å². The predicted molar refractivity (Wildman–Crippen MR) is 64.8 cm³/mol. The molecule has 1 unspecified atom stereocenters. The van der Waals surface area contributed by atoms with Gasteiger partial charge in [0.15, 0.2) is 0 Å². The van der Waals surface area contributed by atoms with E-state index in [4.69, 9.17) is 5.73 Å². The fraction of sp³-hybridized carbons (Fsp3) is 0.571. The summed E-state index contributed by atoms with van der Waals surface area (Å²) in [5.41, 5.74) is 6.25. The van der Waals surface area contributed by atoms with Gasteiger partial charge in [0, 0.05) is 12.1 Å². The van der Waals surface area contributed by atoms with E-state index in [-0.39, 0.29) is 18.8 Å². The third-order valence-electron chi connectivity index (χ3n) is 4.01. The van der Waals surface area contributed by atoms with Crippen molar-refractivity contribution in [3.63, 3.8) is 0 Å². The van der Waals surface area contributed by atoms with Crippen LogP contribution in [0.2, 0.25) is 0 Å². The van der Waals surface area contributed by atoms with Gasteiger partial charge in [-0.25, -0.2) is 8.78 Å². The zero-order valence-electron chi connectivity index (χ0n) is 10.8. The molecule has 0 amide bonds. The maximum atomic E-state index is 13.1. The van der Waals surface area contributed by atoms with Crippen LogP contribution in [0.4, 0.5) is 22.0 Å². The van der Waals surface area contributed by atoms with E-state index in [0.29, 0.717) is 18.4 Å². The minimum absolute atomic E-state index is 0.0274. The fourth-order valence-electron chi connectivity index (χ4n) is 2.85. The van der Waals surface area contributed by atoms with Gasteiger partial charge >= 0.3 is 6.18 Å². The van der Waals surface area contributed by atoms with Gasteiger partial charge < -0.3 is 5.73 Å². The molecular formula is C14H16F5N. The first-order chi connectivity index (χ1) is 9.27. The summed E-state index contributed by atoms with van der Waals surface area (Å²) < 4.78 is 64.0. The van der Waals surface area contributed by atoms with E-state index in [2.05, 4.69) is 0 Å². The molecule has 0 aromatic heterocycles. The third-order valence-corrected chi connectivity index (χ3v) is 4.01. The van der Waals surface area contributed by atoms with Crippen LogP contribution >= 0.6 is 0 Å². The first-order valence-electron chi connectivity index (χ1n) is 6.55. The topological polar surface area (TPSA) is 26.0 Å². The van der Waals surface area contributed by atoms with E-state index in [0.717, 1.165) is 18.2 Å². The van der Waals surface area contributed by atoms with E-state index >= 15 is 0 Å². The van der Waals surface area contributed by atoms with Gasteiger partial charge in [-0.1, -0.05) is 0 Å². The Morgan fingerprint density at radius 1 is 0.950 bits per heavy atom. The Morgan fingerprint density at radius 2 is 1.45 bits per heavy atom. The lowest BCUT2D eigenvalue weighted by atomic mass is 9.77. The Balaban J connectivity index is 2.03. The molecule has 1 fully saturated rings. The first kappa shape index (κ1) is 15.2. The summed E-state index contributed by atoms with van der Waals surface area (Å²) in [6.45, 7) is 0. The van der Waals surface area contributed by atoms with Crippen LogP contribution < -0.4 is 5.73 Å². The molecular weight excluding hydrogens is 277 g/mol. The summed E-state index contributed by atoms with van der Waals surface area (Å²) >= 11 is 0. The number of hydrogen-bond acceptors (Lipinski definition) is 1. The van der Waals surface area contributed by atoms with Crippen LogP contribution in [-0.4, -0.2) is 6.18 Å². The molecule has 6 heteroatoms. The van der Waals surface area contributed by atoms with Crippen LogP contribution in [0.5, 0.6) is 0 Å². The summed E-state index contributed by atoms with van der Waals surface area (Å²) in [6, 6.07) is 2.40. The van der Waals surface area contributed by atoms with E-state index in [1.54, 1.807) is 0 Å². The van der Waals surface area contributed by atoms with Crippen LogP contribution in [0.1, 0.15) is 37.3 Å². The molecule has 20 heavy (non-hydrogen) atoms. The smallest absolute Gasteiger partial charge is 0.324 e. The van der Waals surface area contributed by atoms with Gasteiger partial charge in [0.05, 0.1) is 5.92 Å². The largest absolute Gasteiger partial charge is 0.391 e. The van der Waals surface area contributed by atoms with Crippen molar-refractivity contribution < 1.29 is 22.0 Å². The molecule has 0 bridgehead atoms. The molecule has 1 atom stereocenters. The van der Waals surface area contributed by atoms with Crippen LogP contribution in [0.25, 0.3) is 0 Å². The van der Waals surface area contributed by atoms with Crippen molar-refractivity contribution in [1.29, 1.82) is 0 Å². The van der Waals surface area contributed by atoms with Crippen molar-refractivity contribution in [1.82, 2.24) is 0 Å². The summed E-state index contributed by atoms with van der Waals surface area (Å²) in [7, 11) is 0. The quantitative estimate of drug-likeness (QED) is 0.807. The predicted octanol–water partition coefficient (Wildman–Crippen LogP) is 4.33. The van der Waals surface area contributed by atoms with Crippen molar-refractivity contribution in [2.45, 2.75) is 37.9 Å². The lowest BCUT2D eigenvalue weighted by Gasteiger charge is -2.33. The van der Waals surface area contributed by atoms with Crippen molar-refractivity contribution in [2.24, 2.45) is 17.6 Å². The second-order valence-corrected chi connectivity index (χ2v) is 5.38. The van der Waals surface area contributed by atoms with Crippen molar-refractivity contribution in [2.75, 3.05) is 0 Å². The number of halogens is 5. The van der Waals surface area contributed by atoms with E-state index < -0.39 is 29.8 Å². The minimum atomic E-state index is -4.17. The molecule has 2 N–H and O–H groups in total. The van der Waals surface area contributed by atoms with Gasteiger partial charge in [-0.15, -0.1) is 0 Å². The number of hydrogen-bond donors (Lipinski definition) is 1. The Bertz CT molecular complexity index is 443. The molecule has 112 valence electrons. The maximum Gasteiger partial charge on any atom is 0.391 e. The molecule has 1 nitrogen and oxygen atoms in total. The molecule has 1 saturated carbocycles. The van der Waals surface area contributed by atoms with Crippen molar-refractivity contribution in [3.05, 3.63) is 35.4 Å². The van der Waals surface area contributed by atoms with Crippen LogP contribution in [0.15, 0.2) is 18.2 Å². The molecule has 1 aromatic carbocycles. The van der Waals surface area contributed by atoms with Crippen molar-refractivity contribution >= 4 is 0 Å². The summed E-state index contributed by atoms with van der Waals surface area (Å²) in [4.78, 5) is 0. The van der Waals surface area contributed by atoms with E-state index in [9.17, 15) is 22.0 Å². The monoisotopic (exact) mass is 293 g/mol. The zero-order valence-corrected chi connectivity index (χ0v) is 10.8. The average molecular weight is 293 g/mol. The number of alkyl halides is 3. The molecule has 0 saturated heterocycles. The third kappa shape index (κ3) is 3.48. The second kappa shape index (κ2) is 5.68. The molecule has 0 aliphatic heterocycles. The van der Waals surface area contributed by atoms with Gasteiger partial charge in [-0.3, -0.25) is 0 Å². The highest BCUT2D eigenvalue weighted by atomic mass is 19.4. The summed E-state index contributed by atoms with van der Waals surface area (Å²) in [5, 5.41) is 0. The molecule has 2 rings (SSSR count). The first-order valence-corrected chi connectivity index (χ1v) is 6.55. The number of rotatable bonds is 2. The van der Waals surface area contributed by atoms with Gasteiger partial charge in [-0.05, 0) is 49.3 Å². The Labute approximate surface area is 114 Å². The van der Waals surface area contributed by atoms with Gasteiger partial charge in [0.2, 0.25) is 0 Å². The molecule has 0 spiro atoms. The number of benzene rings is 1. The highest BCUT2D eigenvalue weighted by Crippen LogP contribution is 2.42. The van der Waals surface area contributed by atoms with Crippen LogP contribution in [-0.2, 0) is 0 Å². The molecule has 1 aromatic rings. The second-order valence-electron chi connectivity index (χ2n) is 5.38. The maximum absolute atomic E-state index is 13.1. The highest BCUT2D eigenvalue weighted by Gasteiger charge is 2.42. The Hall–Kier alpha value is -1.17. The van der Waals surface area contributed by atoms with Gasteiger partial charge in [0.25, 0.3) is 0 Å². The van der Waals surface area contributed by atoms with Crippen LogP contribution in [0.3, 0.4) is 0 Å². The molecule has 1 aliphatic carbocycles. The summed E-state index contributed by atoms with van der Waals surface area (Å²) in [6.07, 6.45) is -3.47. The molecule has 0 radical (unpaired) electrons.